The summed E-state index contributed by atoms with van der Waals surface area (Å²) in [6, 6.07) is 4.26. The minimum atomic E-state index is -0.679. The maximum Gasteiger partial charge on any atom is 0.137 e. The molecule has 2 aliphatic rings. The Morgan fingerprint density at radius 2 is 1.88 bits per heavy atom. The molecule has 0 aliphatic carbocycles. The van der Waals surface area contributed by atoms with Crippen molar-refractivity contribution in [2.75, 3.05) is 61.7 Å². The highest BCUT2D eigenvalue weighted by Crippen LogP contribution is 2.41. The summed E-state index contributed by atoms with van der Waals surface area (Å²) in [4.78, 5) is 22.2. The molecule has 1 aromatic carbocycles. The summed E-state index contributed by atoms with van der Waals surface area (Å²) in [7, 11) is 1.68. The third-order valence-electron chi connectivity index (χ3n) is 7.59. The standard InChI is InChI=1S/C29H31F2N7O2/c1-18-28(27-23(31)10-20(30)11-25(27)36-29(18)38-5-3-4-21(38)16-39-2)35-24-12-26(37-6-8-40-9-7-37)34-15-22(24)19-13-32-17-33-14-19/h10-15,17,21H,3-9,16H2,1-2H3,(H,34,35,36). The van der Waals surface area contributed by atoms with E-state index in [9.17, 15) is 4.39 Å². The summed E-state index contributed by atoms with van der Waals surface area (Å²) in [5.74, 6) is 0.107. The largest absolute Gasteiger partial charge is 0.383 e. The van der Waals surface area contributed by atoms with Crippen LogP contribution in [0.4, 0.5) is 31.8 Å². The highest BCUT2D eigenvalue weighted by Gasteiger charge is 2.29. The maximum absolute atomic E-state index is 15.5. The van der Waals surface area contributed by atoms with Crippen LogP contribution >= 0.6 is 0 Å². The van der Waals surface area contributed by atoms with Crippen LogP contribution in [-0.2, 0) is 9.47 Å². The molecule has 0 bridgehead atoms. The molecule has 5 heterocycles. The van der Waals surface area contributed by atoms with Gasteiger partial charge in [-0.1, -0.05) is 0 Å². The number of morpholine rings is 1. The molecule has 2 saturated heterocycles. The van der Waals surface area contributed by atoms with Crippen molar-refractivity contribution in [2.24, 2.45) is 0 Å². The lowest BCUT2D eigenvalue weighted by atomic mass is 10.0. The molecule has 2 aliphatic heterocycles. The molecule has 6 rings (SSSR count). The minimum absolute atomic E-state index is 0.130. The van der Waals surface area contributed by atoms with Gasteiger partial charge in [-0.25, -0.2) is 28.7 Å². The van der Waals surface area contributed by atoms with Gasteiger partial charge in [0.15, 0.2) is 0 Å². The van der Waals surface area contributed by atoms with Crippen LogP contribution < -0.4 is 15.1 Å². The lowest BCUT2D eigenvalue weighted by molar-refractivity contribution is 0.122. The monoisotopic (exact) mass is 547 g/mol. The molecule has 0 spiro atoms. The third-order valence-corrected chi connectivity index (χ3v) is 7.59. The number of hydrogen-bond acceptors (Lipinski definition) is 9. The zero-order chi connectivity index (χ0) is 27.6. The van der Waals surface area contributed by atoms with Crippen molar-refractivity contribution < 1.29 is 18.3 Å². The van der Waals surface area contributed by atoms with E-state index in [2.05, 4.69) is 25.1 Å². The Balaban J connectivity index is 1.52. The number of anilines is 4. The van der Waals surface area contributed by atoms with Crippen LogP contribution in [0.1, 0.15) is 18.4 Å². The van der Waals surface area contributed by atoms with Crippen molar-refractivity contribution in [3.8, 4) is 11.1 Å². The van der Waals surface area contributed by atoms with Crippen molar-refractivity contribution >= 4 is 33.9 Å². The fraction of sp³-hybridized carbons (Fsp3) is 0.379. The van der Waals surface area contributed by atoms with E-state index in [1.165, 1.54) is 12.4 Å². The maximum atomic E-state index is 15.5. The zero-order valence-corrected chi connectivity index (χ0v) is 22.5. The number of pyridine rings is 2. The van der Waals surface area contributed by atoms with Gasteiger partial charge in [0, 0.05) is 80.2 Å². The van der Waals surface area contributed by atoms with E-state index in [4.69, 9.17) is 19.4 Å². The Morgan fingerprint density at radius 1 is 1.07 bits per heavy atom. The molecule has 0 amide bonds. The van der Waals surface area contributed by atoms with Crippen LogP contribution in [0.25, 0.3) is 22.0 Å². The number of halogens is 2. The van der Waals surface area contributed by atoms with E-state index < -0.39 is 11.6 Å². The molecule has 4 aromatic rings. The van der Waals surface area contributed by atoms with Crippen molar-refractivity contribution in [1.29, 1.82) is 0 Å². The van der Waals surface area contributed by atoms with Gasteiger partial charge >= 0.3 is 0 Å². The molecular weight excluding hydrogens is 516 g/mol. The van der Waals surface area contributed by atoms with E-state index in [1.54, 1.807) is 25.7 Å². The van der Waals surface area contributed by atoms with Crippen LogP contribution in [-0.4, -0.2) is 72.5 Å². The van der Waals surface area contributed by atoms with Gasteiger partial charge in [0.2, 0.25) is 0 Å². The van der Waals surface area contributed by atoms with E-state index in [1.807, 2.05) is 13.0 Å². The highest BCUT2D eigenvalue weighted by molar-refractivity contribution is 5.99. The van der Waals surface area contributed by atoms with Crippen LogP contribution in [0, 0.1) is 18.6 Å². The van der Waals surface area contributed by atoms with Crippen LogP contribution in [0.15, 0.2) is 43.1 Å². The molecule has 2 fully saturated rings. The average Bonchev–Trinajstić information content (AvgIpc) is 3.43. The average molecular weight is 548 g/mol. The van der Waals surface area contributed by atoms with Gasteiger partial charge in [-0.2, -0.15) is 0 Å². The van der Waals surface area contributed by atoms with E-state index in [-0.39, 0.29) is 16.9 Å². The van der Waals surface area contributed by atoms with E-state index >= 15 is 4.39 Å². The second-order valence-corrected chi connectivity index (χ2v) is 10.1. The predicted octanol–water partition coefficient (Wildman–Crippen LogP) is 4.87. The molecule has 1 unspecified atom stereocenters. The SMILES string of the molecule is COCC1CCCN1c1nc2cc(F)cc(F)c2c(Nc2cc(N3CCOCC3)ncc2-c2cncnc2)c1C. The molecule has 1 atom stereocenters. The molecule has 0 saturated carbocycles. The van der Waals surface area contributed by atoms with E-state index in [0.717, 1.165) is 48.0 Å². The molecule has 40 heavy (non-hydrogen) atoms. The van der Waals surface area contributed by atoms with Crippen LogP contribution in [0.2, 0.25) is 0 Å². The van der Waals surface area contributed by atoms with Gasteiger partial charge in [0.25, 0.3) is 0 Å². The first-order valence-electron chi connectivity index (χ1n) is 13.4. The molecule has 0 radical (unpaired) electrons. The third kappa shape index (κ3) is 5.02. The number of ether oxygens (including phenoxy) is 2. The first-order chi connectivity index (χ1) is 19.5. The van der Waals surface area contributed by atoms with Gasteiger partial charge < -0.3 is 24.6 Å². The Bertz CT molecular complexity index is 1520. The lowest BCUT2D eigenvalue weighted by Gasteiger charge is -2.30. The fourth-order valence-corrected chi connectivity index (χ4v) is 5.63. The molecule has 1 N–H and O–H groups in total. The van der Waals surface area contributed by atoms with Gasteiger partial charge in [0.1, 0.15) is 29.6 Å². The van der Waals surface area contributed by atoms with Gasteiger partial charge in [-0.3, -0.25) is 0 Å². The Labute approximate surface area is 231 Å². The zero-order valence-electron chi connectivity index (χ0n) is 22.5. The minimum Gasteiger partial charge on any atom is -0.383 e. The smallest absolute Gasteiger partial charge is 0.137 e. The van der Waals surface area contributed by atoms with Gasteiger partial charge in [-0.05, 0) is 19.8 Å². The normalized spacial score (nSPS) is 17.6. The number of nitrogens with zero attached hydrogens (tertiary/aromatic N) is 6. The summed E-state index contributed by atoms with van der Waals surface area (Å²) in [6.45, 7) is 5.91. The van der Waals surface area contributed by atoms with Crippen LogP contribution in [0.5, 0.6) is 0 Å². The second-order valence-electron chi connectivity index (χ2n) is 10.1. The lowest BCUT2D eigenvalue weighted by Crippen LogP contribution is -2.36. The second kappa shape index (κ2) is 11.3. The first kappa shape index (κ1) is 26.3. The van der Waals surface area contributed by atoms with Crippen molar-refractivity contribution in [3.63, 3.8) is 0 Å². The van der Waals surface area contributed by atoms with Crippen molar-refractivity contribution in [2.45, 2.75) is 25.8 Å². The van der Waals surface area contributed by atoms with Gasteiger partial charge in [-0.15, -0.1) is 0 Å². The number of fused-ring (bicyclic) bond motifs is 1. The van der Waals surface area contributed by atoms with Crippen molar-refractivity contribution in [3.05, 3.63) is 60.3 Å². The summed E-state index contributed by atoms with van der Waals surface area (Å²) in [6.07, 6.45) is 8.60. The first-order valence-corrected chi connectivity index (χ1v) is 13.4. The molecule has 11 heteroatoms. The Morgan fingerprint density at radius 3 is 2.65 bits per heavy atom. The summed E-state index contributed by atoms with van der Waals surface area (Å²) in [5, 5.41) is 3.75. The predicted molar refractivity (Wildman–Crippen MR) is 150 cm³/mol. The fourth-order valence-electron chi connectivity index (χ4n) is 5.63. The van der Waals surface area contributed by atoms with E-state index in [0.29, 0.717) is 50.1 Å². The van der Waals surface area contributed by atoms with Crippen LogP contribution in [0.3, 0.4) is 0 Å². The highest BCUT2D eigenvalue weighted by atomic mass is 19.1. The number of methoxy groups -OCH3 is 1. The molecule has 208 valence electrons. The summed E-state index contributed by atoms with van der Waals surface area (Å²) in [5.41, 5.74) is 3.75. The Kier molecular flexibility index (Phi) is 7.40. The number of benzene rings is 1. The van der Waals surface area contributed by atoms with Crippen molar-refractivity contribution in [1.82, 2.24) is 19.9 Å². The number of nitrogens with one attached hydrogen (secondary N) is 1. The van der Waals surface area contributed by atoms with Gasteiger partial charge in [0.05, 0.1) is 48.1 Å². The number of aromatic nitrogens is 4. The molecular formula is C29H31F2N7O2. The number of hydrogen-bond donors (Lipinski definition) is 1. The number of rotatable bonds is 7. The summed E-state index contributed by atoms with van der Waals surface area (Å²) < 4.78 is 40.9. The quantitative estimate of drug-likeness (QED) is 0.348. The Hall–Kier alpha value is -3.96. The summed E-state index contributed by atoms with van der Waals surface area (Å²) >= 11 is 0. The topological polar surface area (TPSA) is 88.5 Å². The molecule has 3 aromatic heterocycles. The molecule has 9 nitrogen and oxygen atoms in total.